The molecule has 8 heteroatoms. The Hall–Kier alpha value is -2.16. The number of aromatic nitrogens is 2. The van der Waals surface area contributed by atoms with Gasteiger partial charge < -0.3 is 19.7 Å². The van der Waals surface area contributed by atoms with Gasteiger partial charge in [-0.05, 0) is 43.9 Å². The van der Waals surface area contributed by atoms with Gasteiger partial charge >= 0.3 is 0 Å². The Bertz CT molecular complexity index is 864. The van der Waals surface area contributed by atoms with E-state index in [1.807, 2.05) is 30.3 Å². The van der Waals surface area contributed by atoms with Gasteiger partial charge in [0.2, 0.25) is 0 Å². The van der Waals surface area contributed by atoms with Crippen molar-refractivity contribution < 1.29 is 14.3 Å². The van der Waals surface area contributed by atoms with Crippen molar-refractivity contribution in [2.75, 3.05) is 38.8 Å². The molecule has 1 N–H and O–H groups in total. The Morgan fingerprint density at radius 3 is 2.87 bits per heavy atom. The Labute approximate surface area is 188 Å². The summed E-state index contributed by atoms with van der Waals surface area (Å²) in [6.45, 7) is 4.73. The van der Waals surface area contributed by atoms with E-state index in [0.29, 0.717) is 37.1 Å². The van der Waals surface area contributed by atoms with E-state index < -0.39 is 0 Å². The average molecular weight is 445 g/mol. The summed E-state index contributed by atoms with van der Waals surface area (Å²) in [5.41, 5.74) is 2.59. The SMILES string of the molecule is COCCNC(=O)c1cccc(CSc2nc(COC)cc(N3CCCC[C@@H]3C)n2)c1. The van der Waals surface area contributed by atoms with Gasteiger partial charge in [0.15, 0.2) is 5.16 Å². The quantitative estimate of drug-likeness (QED) is 0.340. The third kappa shape index (κ3) is 6.92. The molecule has 1 amide bonds. The Morgan fingerprint density at radius 2 is 2.10 bits per heavy atom. The molecule has 1 saturated heterocycles. The molecule has 1 aliphatic heterocycles. The van der Waals surface area contributed by atoms with Crippen LogP contribution in [-0.2, 0) is 21.8 Å². The Balaban J connectivity index is 1.70. The highest BCUT2D eigenvalue weighted by Gasteiger charge is 2.21. The second kappa shape index (κ2) is 12.0. The maximum atomic E-state index is 12.3. The van der Waals surface area contributed by atoms with Crippen molar-refractivity contribution in [3.05, 3.63) is 47.2 Å². The molecular formula is C23H32N4O3S. The molecule has 3 rings (SSSR count). The summed E-state index contributed by atoms with van der Waals surface area (Å²) in [6, 6.07) is 10.2. The molecule has 168 valence electrons. The fourth-order valence-corrected chi connectivity index (χ4v) is 4.47. The first-order valence-corrected chi connectivity index (χ1v) is 11.7. The molecule has 1 aliphatic rings. The highest BCUT2D eigenvalue weighted by atomic mass is 32.2. The van der Waals surface area contributed by atoms with Gasteiger partial charge in [-0.15, -0.1) is 0 Å². The van der Waals surface area contributed by atoms with Crippen molar-refractivity contribution in [3.63, 3.8) is 0 Å². The zero-order chi connectivity index (χ0) is 22.1. The number of rotatable bonds is 10. The fraction of sp³-hybridized carbons (Fsp3) is 0.522. The minimum atomic E-state index is -0.0939. The van der Waals surface area contributed by atoms with Crippen LogP contribution < -0.4 is 10.2 Å². The zero-order valence-corrected chi connectivity index (χ0v) is 19.4. The van der Waals surface area contributed by atoms with E-state index in [0.717, 1.165) is 28.8 Å². The molecule has 31 heavy (non-hydrogen) atoms. The highest BCUT2D eigenvalue weighted by molar-refractivity contribution is 7.98. The normalized spacial score (nSPS) is 16.4. The highest BCUT2D eigenvalue weighted by Crippen LogP contribution is 2.27. The van der Waals surface area contributed by atoms with E-state index in [1.54, 1.807) is 26.0 Å². The molecule has 0 bridgehead atoms. The van der Waals surface area contributed by atoms with Crippen LogP contribution in [-0.4, -0.2) is 55.8 Å². The molecule has 2 aromatic rings. The number of carbonyl (C=O) groups is 1. The second-order valence-corrected chi connectivity index (χ2v) is 8.65. The van der Waals surface area contributed by atoms with Crippen molar-refractivity contribution in [1.82, 2.24) is 15.3 Å². The monoisotopic (exact) mass is 444 g/mol. The summed E-state index contributed by atoms with van der Waals surface area (Å²) in [4.78, 5) is 24.2. The van der Waals surface area contributed by atoms with Gasteiger partial charge in [0, 0.05) is 50.7 Å². The summed E-state index contributed by atoms with van der Waals surface area (Å²) in [6.07, 6.45) is 3.64. The molecule has 0 saturated carbocycles. The zero-order valence-electron chi connectivity index (χ0n) is 18.6. The lowest BCUT2D eigenvalue weighted by atomic mass is 10.0. The predicted molar refractivity (Wildman–Crippen MR) is 124 cm³/mol. The van der Waals surface area contributed by atoms with Crippen molar-refractivity contribution in [3.8, 4) is 0 Å². The maximum Gasteiger partial charge on any atom is 0.251 e. The summed E-state index contributed by atoms with van der Waals surface area (Å²) < 4.78 is 10.3. The van der Waals surface area contributed by atoms with Crippen LogP contribution >= 0.6 is 11.8 Å². The van der Waals surface area contributed by atoms with Gasteiger partial charge in [-0.25, -0.2) is 9.97 Å². The van der Waals surface area contributed by atoms with Crippen LogP contribution in [0.15, 0.2) is 35.5 Å². The minimum Gasteiger partial charge on any atom is -0.383 e. The lowest BCUT2D eigenvalue weighted by molar-refractivity contribution is 0.0937. The average Bonchev–Trinajstić information content (AvgIpc) is 2.78. The van der Waals surface area contributed by atoms with E-state index in [1.165, 1.54) is 19.3 Å². The second-order valence-electron chi connectivity index (χ2n) is 7.71. The van der Waals surface area contributed by atoms with Crippen LogP contribution in [0.4, 0.5) is 5.82 Å². The van der Waals surface area contributed by atoms with Crippen molar-refractivity contribution >= 4 is 23.5 Å². The molecule has 0 aliphatic carbocycles. The molecule has 1 aromatic carbocycles. The number of nitrogens with zero attached hydrogens (tertiary/aromatic N) is 3. The number of hydrogen-bond acceptors (Lipinski definition) is 7. The van der Waals surface area contributed by atoms with Gasteiger partial charge in [0.1, 0.15) is 5.82 Å². The van der Waals surface area contributed by atoms with Crippen LogP contribution in [0.25, 0.3) is 0 Å². The maximum absolute atomic E-state index is 12.3. The number of carbonyl (C=O) groups excluding carboxylic acids is 1. The molecule has 1 aromatic heterocycles. The summed E-state index contributed by atoms with van der Waals surface area (Å²) in [5.74, 6) is 1.57. The molecular weight excluding hydrogens is 412 g/mol. The van der Waals surface area contributed by atoms with E-state index in [2.05, 4.69) is 22.1 Å². The number of amides is 1. The third-order valence-corrected chi connectivity index (χ3v) is 6.20. The molecule has 7 nitrogen and oxygen atoms in total. The summed E-state index contributed by atoms with van der Waals surface area (Å²) >= 11 is 1.58. The van der Waals surface area contributed by atoms with Crippen LogP contribution in [0.5, 0.6) is 0 Å². The molecule has 1 atom stereocenters. The Kier molecular flexibility index (Phi) is 9.12. The van der Waals surface area contributed by atoms with Crippen LogP contribution in [0.1, 0.15) is 47.8 Å². The smallest absolute Gasteiger partial charge is 0.251 e. The summed E-state index contributed by atoms with van der Waals surface area (Å²) in [5, 5.41) is 3.59. The van der Waals surface area contributed by atoms with Crippen molar-refractivity contribution in [1.29, 1.82) is 0 Å². The standard InChI is InChI=1S/C23H32N4O3S/c1-17-7-4-5-11-27(17)21-14-20(15-30-3)25-23(26-21)31-16-18-8-6-9-19(13-18)22(28)24-10-12-29-2/h6,8-9,13-14,17H,4-5,7,10-12,15-16H2,1-3H3,(H,24,28)/t17-/m0/s1. The van der Waals surface area contributed by atoms with Gasteiger partial charge in [0.05, 0.1) is 18.9 Å². The molecule has 1 fully saturated rings. The van der Waals surface area contributed by atoms with Crippen molar-refractivity contribution in [2.24, 2.45) is 0 Å². The number of piperidine rings is 1. The number of nitrogens with one attached hydrogen (secondary N) is 1. The first-order chi connectivity index (χ1) is 15.1. The van der Waals surface area contributed by atoms with Gasteiger partial charge in [-0.3, -0.25) is 4.79 Å². The predicted octanol–water partition coefficient (Wildman–Crippen LogP) is 3.67. The summed E-state index contributed by atoms with van der Waals surface area (Å²) in [7, 11) is 3.30. The van der Waals surface area contributed by atoms with Crippen LogP contribution in [0, 0.1) is 0 Å². The molecule has 2 heterocycles. The van der Waals surface area contributed by atoms with Crippen molar-refractivity contribution in [2.45, 2.75) is 49.7 Å². The van der Waals surface area contributed by atoms with E-state index in [-0.39, 0.29) is 5.91 Å². The molecule has 0 spiro atoms. The van der Waals surface area contributed by atoms with Crippen LogP contribution in [0.3, 0.4) is 0 Å². The lowest BCUT2D eigenvalue weighted by Gasteiger charge is -2.34. The largest absolute Gasteiger partial charge is 0.383 e. The topological polar surface area (TPSA) is 76.6 Å². The first-order valence-electron chi connectivity index (χ1n) is 10.7. The van der Waals surface area contributed by atoms with E-state index in [9.17, 15) is 4.79 Å². The van der Waals surface area contributed by atoms with Gasteiger partial charge in [-0.2, -0.15) is 0 Å². The number of ether oxygens (including phenoxy) is 2. The number of benzene rings is 1. The lowest BCUT2D eigenvalue weighted by Crippen LogP contribution is -2.38. The minimum absolute atomic E-state index is 0.0939. The van der Waals surface area contributed by atoms with Gasteiger partial charge in [0.25, 0.3) is 5.91 Å². The number of thioether (sulfide) groups is 1. The fourth-order valence-electron chi connectivity index (χ4n) is 3.65. The van der Waals surface area contributed by atoms with Crippen LogP contribution in [0.2, 0.25) is 0 Å². The third-order valence-electron chi connectivity index (χ3n) is 5.28. The number of anilines is 1. The van der Waals surface area contributed by atoms with E-state index >= 15 is 0 Å². The number of methoxy groups -OCH3 is 2. The molecule has 0 unspecified atom stereocenters. The Morgan fingerprint density at radius 1 is 1.23 bits per heavy atom. The van der Waals surface area contributed by atoms with E-state index in [4.69, 9.17) is 14.5 Å². The van der Waals surface area contributed by atoms with Gasteiger partial charge in [-0.1, -0.05) is 23.9 Å². The molecule has 0 radical (unpaired) electrons. The first kappa shape index (κ1) is 23.5. The number of hydrogen-bond donors (Lipinski definition) is 1.